The van der Waals surface area contributed by atoms with E-state index in [4.69, 9.17) is 176 Å². The fourth-order valence-corrected chi connectivity index (χ4v) is 22.0. The van der Waals surface area contributed by atoms with Gasteiger partial charge in [0.1, 0.15) is 129 Å². The number of anilines is 3. The fraction of sp³-hybridized carbons (Fsp3) is 0.671. The number of phosphoric acid groups is 1. The number of nitrogen functional groups attached to an aromatic ring is 3. The van der Waals surface area contributed by atoms with Crippen LogP contribution in [-0.4, -0.2) is 274 Å². The van der Waals surface area contributed by atoms with E-state index in [0.29, 0.717) is 5.56 Å². The zero-order chi connectivity index (χ0) is 99.8. The van der Waals surface area contributed by atoms with Crippen molar-refractivity contribution in [3.8, 4) is 0 Å². The van der Waals surface area contributed by atoms with Gasteiger partial charge in [-0.15, -0.1) is 0 Å². The molecule has 0 saturated carbocycles. The molecule has 137 heavy (non-hydrogen) atoms. The number of H-pyrrole nitrogens is 3. The van der Waals surface area contributed by atoms with Crippen LogP contribution >= 0.6 is 34.8 Å². The minimum absolute atomic E-state index is 0.0195. The van der Waals surface area contributed by atoms with E-state index in [1.54, 1.807) is 13.8 Å². The maximum atomic E-state index is 15.4. The lowest BCUT2D eigenvalue weighted by Gasteiger charge is -2.37. The van der Waals surface area contributed by atoms with Crippen molar-refractivity contribution in [1.29, 1.82) is 0 Å². The first-order valence-corrected chi connectivity index (χ1v) is 53.6. The molecule has 27 atom stereocenters. The Labute approximate surface area is 797 Å². The number of aryl methyl sites for hydroxylation is 6. The number of nitrogens with zero attached hydrogens (tertiary/aromatic N) is 9. The molecule has 0 aromatic carbocycles. The van der Waals surface area contributed by atoms with E-state index in [2.05, 4.69) is 29.9 Å². The van der Waals surface area contributed by atoms with Crippen molar-refractivity contribution in [2.45, 2.75) is 203 Å². The molecular weight excluding hydrogens is 2010 g/mol. The number of hydrogen-bond donors (Lipinski definition) is 7. The average molecular weight is 2110 g/mol. The maximum absolute atomic E-state index is 15.4. The molecule has 6 aliphatic heterocycles. The SMILES string of the molecule is CC[C@H]1O[C@@H](n2cc(C)c(=O)[nH]c2=O)CC1OP([O-])(=S)OC[C@H]1O[C@@H](n2cc(C)c(=O)[nH]c2=O)CC1OP(=O)([S-])OC[C@H]1O[C@@H](n2cc(C)c(N)nc2=O)[C@@H](OCCOC)C1OP(=O)([O-])OC[C@H]1O[C@@H](n2cc(C)c(=O)[nH]c2=O)[C@@H](OCCOC)C1OP([O-])(=S)OC[C@H]1O[C@@H](n2cc(C)c(N)nc2=O)[C@@H](OCCOC)C1OP([O-])(=S)OC[C@H]1O[C@@H](n2cc(C)c(N)nc2=O)[C@@H](OCCOC)C1O. The van der Waals surface area contributed by atoms with Crippen LogP contribution in [0.3, 0.4) is 0 Å². The van der Waals surface area contributed by atoms with Crippen molar-refractivity contribution in [2.24, 2.45) is 0 Å². The van der Waals surface area contributed by atoms with Gasteiger partial charge < -0.3 is 166 Å². The number of rotatable bonds is 48. The van der Waals surface area contributed by atoms with E-state index in [1.807, 2.05) is 0 Å². The lowest BCUT2D eigenvalue weighted by Crippen LogP contribution is -2.43. The van der Waals surface area contributed by atoms with Crippen LogP contribution in [-0.2, 0) is 168 Å². The molecule has 6 fully saturated rings. The van der Waals surface area contributed by atoms with Gasteiger partial charge in [0.05, 0.1) is 104 Å². The van der Waals surface area contributed by atoms with Crippen molar-refractivity contribution >= 4 is 99.9 Å². The first-order chi connectivity index (χ1) is 64.7. The second-order valence-corrected chi connectivity index (χ2v) is 44.0. The smallest absolute Gasteiger partial charge is 0.351 e. The van der Waals surface area contributed by atoms with Crippen LogP contribution in [0.1, 0.15) is 96.9 Å². The van der Waals surface area contributed by atoms with Gasteiger partial charge in [-0.1, -0.05) is 42.3 Å². The van der Waals surface area contributed by atoms with Gasteiger partial charge in [-0.3, -0.25) is 65.9 Å². The minimum Gasteiger partial charge on any atom is -0.780 e. The Bertz CT molecular complexity index is 6100. The van der Waals surface area contributed by atoms with Gasteiger partial charge in [-0.25, -0.2) is 28.8 Å². The Balaban J connectivity index is 0.824. The van der Waals surface area contributed by atoms with Crippen molar-refractivity contribution in [2.75, 3.05) is 132 Å². The molecular formula is C73H103N15O40P5S4-5. The van der Waals surface area contributed by atoms with Gasteiger partial charge in [0.15, 0.2) is 31.7 Å². The fourth-order valence-electron chi connectivity index (χ4n) is 15.3. The van der Waals surface area contributed by atoms with Crippen LogP contribution < -0.4 is 87.6 Å². The van der Waals surface area contributed by atoms with Crippen LogP contribution in [0.15, 0.2) is 80.3 Å². The molecule has 55 nitrogen and oxygen atoms in total. The third-order valence-electron chi connectivity index (χ3n) is 22.3. The number of aromatic amines is 3. The van der Waals surface area contributed by atoms with Gasteiger partial charge in [0.25, 0.3) is 24.5 Å². The van der Waals surface area contributed by atoms with E-state index in [9.17, 15) is 62.6 Å². The molecule has 12 rings (SSSR count). The third kappa shape index (κ3) is 27.2. The highest BCUT2D eigenvalue weighted by atomic mass is 32.7. The summed E-state index contributed by atoms with van der Waals surface area (Å²) < 4.78 is 178. The number of aliphatic hydroxyl groups is 1. The van der Waals surface area contributed by atoms with Gasteiger partial charge in [-0.05, 0) is 48.0 Å². The third-order valence-corrected chi connectivity index (χ3v) is 29.5. The summed E-state index contributed by atoms with van der Waals surface area (Å²) in [5.74, 6) is -0.548. The molecule has 0 bridgehead atoms. The Morgan fingerprint density at radius 1 is 0.401 bits per heavy atom. The first-order valence-electron chi connectivity index (χ1n) is 41.9. The number of aliphatic hydroxyl groups excluding tert-OH is 1. The zero-order valence-corrected chi connectivity index (χ0v) is 82.7. The van der Waals surface area contributed by atoms with Gasteiger partial charge in [-0.2, -0.15) is 15.0 Å². The summed E-state index contributed by atoms with van der Waals surface area (Å²) in [6, 6.07) is 0. The molecule has 11 unspecified atom stereocenters. The molecule has 0 amide bonds. The molecule has 764 valence electrons. The highest BCUT2D eigenvalue weighted by Gasteiger charge is 2.55. The standard InChI is InChI=1S/C73H108N15O40P5S4/c1-12-40-41(21-48(118-40)83-26-37(5)61(90)80-71(83)96)124-130(101,134)114-29-43-42(22-49(119-43)84-27-38(6)62(91)81-72(84)97)125-131(102,135)116-32-46-51(55(110-18-14-106-9)65(122-46)86-24-35(3)59(75)78-69(86)94)126-129(99,100)113-31-45-52(56(111-19-15-107-10)67(121-45)88-28-39(7)63(92)82-73(88)98)127-133(104,137)117-33-47-53(57(112-20-16-108-11)66(123-47)87-25-36(4)60(76)79-70(87)95)128-132(103,136)115-30-44-50(89)54(109-17-13-105-8)64(120-44)85-23-34(2)58(74)77-68(85)93/h23-28,40-57,64-67,89H,12-22,29-33H2,1-11H3,(H,99,100)(H,101,134)(H,102,135)(H,103,136)(H,104,137)(H2,74,77,93)(H2,75,78,94)(H2,76,79,95)(H,80,90,96)(H,81,91,97)(H,82,92,98)/p-5/t40-,41?,42?,43-,44-,45-,46-,47-,48-,49-,50?,51?,52?,53?,54+,55+,56+,57+,64-,65-,66-,67-,130?,131?,132?,133?/m1/s1. The topological polar surface area (TPSA) is 715 Å². The molecule has 0 spiro atoms. The van der Waals surface area contributed by atoms with Crippen molar-refractivity contribution in [3.63, 3.8) is 0 Å². The highest BCUT2D eigenvalue weighted by Crippen LogP contribution is 2.56. The quantitative estimate of drug-likeness (QED) is 0.0109. The van der Waals surface area contributed by atoms with E-state index in [1.165, 1.54) is 87.8 Å². The van der Waals surface area contributed by atoms with Crippen LogP contribution in [0.25, 0.3) is 0 Å². The molecule has 0 aliphatic carbocycles. The second-order valence-electron chi connectivity index (χ2n) is 31.8. The number of ether oxygens (including phenoxy) is 14. The molecule has 6 saturated heterocycles. The van der Waals surface area contributed by atoms with E-state index in [0.717, 1.165) is 39.8 Å². The number of hydrogen-bond acceptors (Lipinski definition) is 50. The van der Waals surface area contributed by atoms with E-state index >= 15 is 14.4 Å². The largest absolute Gasteiger partial charge is 0.780 e. The summed E-state index contributed by atoms with van der Waals surface area (Å²) >= 11 is 22.0. The van der Waals surface area contributed by atoms with Crippen LogP contribution in [0.5, 0.6) is 0 Å². The average Bonchev–Trinajstić information content (AvgIpc) is 1.64. The van der Waals surface area contributed by atoms with Gasteiger partial charge in [0, 0.05) is 112 Å². The lowest BCUT2D eigenvalue weighted by atomic mass is 10.1. The second kappa shape index (κ2) is 47.0. The first kappa shape index (κ1) is 109. The lowest BCUT2D eigenvalue weighted by molar-refractivity contribution is -0.238. The normalized spacial score (nSPS) is 29.5. The summed E-state index contributed by atoms with van der Waals surface area (Å²) in [7, 11) is -0.891. The Kier molecular flexibility index (Phi) is 37.6. The Hall–Kier alpha value is -6.32. The van der Waals surface area contributed by atoms with E-state index < -0.39 is 273 Å². The molecule has 6 aliphatic rings. The molecule has 0 radical (unpaired) electrons. The molecule has 64 heteroatoms. The monoisotopic (exact) mass is 2110 g/mol. The number of methoxy groups -OCH3 is 4. The summed E-state index contributed by atoms with van der Waals surface area (Å²) in [5, 5.41) is 11.7. The Morgan fingerprint density at radius 2 is 0.708 bits per heavy atom. The number of phosphoric ester groups is 1. The predicted octanol–water partition coefficient (Wildman–Crippen LogP) is -4.05. The van der Waals surface area contributed by atoms with Crippen LogP contribution in [0.2, 0.25) is 0 Å². The highest BCUT2D eigenvalue weighted by molar-refractivity contribution is 8.32. The van der Waals surface area contributed by atoms with Crippen molar-refractivity contribution in [1.82, 2.24) is 57.3 Å². The number of nitrogens with one attached hydrogen (secondary N) is 3. The molecule has 10 N–H and O–H groups in total. The number of nitrogens with two attached hydrogens (primary N) is 3. The summed E-state index contributed by atoms with van der Waals surface area (Å²) in [5.41, 5.74) is 10.6. The zero-order valence-electron chi connectivity index (χ0n) is 75.0. The van der Waals surface area contributed by atoms with Crippen LogP contribution in [0, 0.1) is 41.5 Å². The molecule has 6 aromatic rings. The van der Waals surface area contributed by atoms with Crippen molar-refractivity contribution in [3.05, 3.63) is 165 Å². The summed E-state index contributed by atoms with van der Waals surface area (Å²) in [4.78, 5) is 197. The molecule has 12 heterocycles. The van der Waals surface area contributed by atoms with Gasteiger partial charge in [0.2, 0.25) is 0 Å². The number of aromatic nitrogens is 12. The van der Waals surface area contributed by atoms with Crippen LogP contribution in [0.4, 0.5) is 17.5 Å². The summed E-state index contributed by atoms with van der Waals surface area (Å²) in [6.45, 7) is -17.1. The van der Waals surface area contributed by atoms with Crippen molar-refractivity contribution < 1.29 is 145 Å². The Morgan fingerprint density at radius 3 is 1.11 bits per heavy atom. The molecule has 6 aromatic heterocycles. The van der Waals surface area contributed by atoms with Gasteiger partial charge >= 0.3 is 34.1 Å². The minimum atomic E-state index is -6.16. The maximum Gasteiger partial charge on any atom is 0.351 e. The van der Waals surface area contributed by atoms with E-state index in [-0.39, 0.29) is 97.8 Å². The summed E-state index contributed by atoms with van der Waals surface area (Å²) in [6.07, 6.45) is -29.1. The predicted molar refractivity (Wildman–Crippen MR) is 476 cm³/mol.